The zero-order valence-corrected chi connectivity index (χ0v) is 17.6. The van der Waals surface area contributed by atoms with Gasteiger partial charge in [-0.3, -0.25) is 10.1 Å². The average Bonchev–Trinajstić information content (AvgIpc) is 2.67. The number of carbonyl (C=O) groups is 2. The van der Waals surface area contributed by atoms with Crippen LogP contribution in [0.25, 0.3) is 0 Å². The van der Waals surface area contributed by atoms with Crippen LogP contribution in [0.2, 0.25) is 0 Å². The highest BCUT2D eigenvalue weighted by atomic mass is 16.6. The summed E-state index contributed by atoms with van der Waals surface area (Å²) in [6.45, 7) is 8.72. The number of hydrogen-bond donors (Lipinski definition) is 3. The fraction of sp³-hybridized carbons (Fsp3) is 0.524. The number of quaternary nitrogens is 1. The molecule has 162 valence electrons. The summed E-state index contributed by atoms with van der Waals surface area (Å²) in [6.07, 6.45) is 1.16. The van der Waals surface area contributed by atoms with Crippen LogP contribution in [-0.4, -0.2) is 43.2 Å². The Hall–Kier alpha value is -2.94. The van der Waals surface area contributed by atoms with E-state index < -0.39 is 23.0 Å². The molecule has 2 aliphatic heterocycles. The Morgan fingerprint density at radius 1 is 1.30 bits per heavy atom. The fourth-order valence-corrected chi connectivity index (χ4v) is 4.59. The molecule has 1 fully saturated rings. The van der Waals surface area contributed by atoms with E-state index in [1.165, 1.54) is 17.0 Å². The second-order valence-corrected chi connectivity index (χ2v) is 8.28. The molecule has 0 spiro atoms. The fourth-order valence-electron chi connectivity index (χ4n) is 4.59. The molecule has 1 aromatic carbocycles. The second-order valence-electron chi connectivity index (χ2n) is 8.28. The predicted octanol–water partition coefficient (Wildman–Crippen LogP) is 1.33. The molecule has 0 saturated carbocycles. The molecule has 9 nitrogen and oxygen atoms in total. The largest absolute Gasteiger partial charge is 0.463 e. The smallest absolute Gasteiger partial charge is 0.338 e. The highest BCUT2D eigenvalue weighted by molar-refractivity contribution is 5.95. The van der Waals surface area contributed by atoms with Crippen molar-refractivity contribution in [2.75, 3.05) is 26.2 Å². The van der Waals surface area contributed by atoms with Crippen molar-refractivity contribution < 1.29 is 24.1 Å². The van der Waals surface area contributed by atoms with Crippen LogP contribution in [0.5, 0.6) is 0 Å². The van der Waals surface area contributed by atoms with E-state index in [9.17, 15) is 19.7 Å². The number of nitrogens with one attached hydrogen (secondary N) is 3. The Balaban J connectivity index is 2.01. The molecule has 0 bridgehead atoms. The molecule has 4 atom stereocenters. The van der Waals surface area contributed by atoms with Crippen molar-refractivity contribution in [1.29, 1.82) is 0 Å². The number of esters is 1. The van der Waals surface area contributed by atoms with Gasteiger partial charge in [0.05, 0.1) is 41.9 Å². The number of likely N-dealkylation sites (tertiary alicyclic amines) is 1. The number of ether oxygens (including phenoxy) is 1. The lowest BCUT2D eigenvalue weighted by Gasteiger charge is -2.35. The predicted molar refractivity (Wildman–Crippen MR) is 110 cm³/mol. The van der Waals surface area contributed by atoms with Gasteiger partial charge in [-0.05, 0) is 18.9 Å². The normalized spacial score (nSPS) is 26.6. The van der Waals surface area contributed by atoms with Crippen molar-refractivity contribution in [2.45, 2.75) is 33.2 Å². The Labute approximate surface area is 175 Å². The monoisotopic (exact) mass is 417 g/mol. The lowest BCUT2D eigenvalue weighted by atomic mass is 9.91. The number of non-ortho nitro benzene ring substituents is 1. The Morgan fingerprint density at radius 3 is 2.63 bits per heavy atom. The number of amides is 2. The van der Waals surface area contributed by atoms with Crippen LogP contribution in [0.1, 0.15) is 38.8 Å². The third-order valence-corrected chi connectivity index (χ3v) is 5.57. The maximum atomic E-state index is 12.9. The van der Waals surface area contributed by atoms with Gasteiger partial charge in [-0.2, -0.15) is 0 Å². The summed E-state index contributed by atoms with van der Waals surface area (Å²) < 4.78 is 5.28. The summed E-state index contributed by atoms with van der Waals surface area (Å²) in [4.78, 5) is 37.3. The SMILES string of the molecule is CCOC(=O)C1=C(C[NH+]2C[C@H](C)C[C@H](C)C2)NC(=O)N[C@@H]1c1cccc([N+](=O)[O-])c1. The van der Waals surface area contributed by atoms with Crippen molar-refractivity contribution in [3.8, 4) is 0 Å². The number of rotatable bonds is 6. The number of benzene rings is 1. The van der Waals surface area contributed by atoms with Gasteiger partial charge < -0.3 is 20.3 Å². The Bertz CT molecular complexity index is 859. The minimum atomic E-state index is -0.813. The van der Waals surface area contributed by atoms with Crippen molar-refractivity contribution >= 4 is 17.7 Å². The number of piperidine rings is 1. The molecular weight excluding hydrogens is 388 g/mol. The van der Waals surface area contributed by atoms with Gasteiger partial charge in [0.25, 0.3) is 5.69 Å². The molecule has 0 radical (unpaired) electrons. The quantitative estimate of drug-likeness (QED) is 0.367. The van der Waals surface area contributed by atoms with Crippen LogP contribution in [0.3, 0.4) is 0 Å². The number of nitrogens with zero attached hydrogens (tertiary/aromatic N) is 1. The summed E-state index contributed by atoms with van der Waals surface area (Å²) in [7, 11) is 0. The molecule has 3 rings (SSSR count). The summed E-state index contributed by atoms with van der Waals surface area (Å²) in [5.41, 5.74) is 1.18. The van der Waals surface area contributed by atoms with E-state index in [-0.39, 0.29) is 12.3 Å². The molecular formula is C21H29N4O5+. The lowest BCUT2D eigenvalue weighted by Crippen LogP contribution is -3.14. The van der Waals surface area contributed by atoms with Gasteiger partial charge >= 0.3 is 12.0 Å². The molecule has 0 aliphatic carbocycles. The van der Waals surface area contributed by atoms with Gasteiger partial charge in [0.1, 0.15) is 6.54 Å². The summed E-state index contributed by atoms with van der Waals surface area (Å²) in [5, 5.41) is 16.7. The molecule has 9 heteroatoms. The topological polar surface area (TPSA) is 115 Å². The number of urea groups is 1. The van der Waals surface area contributed by atoms with Crippen LogP contribution in [0, 0.1) is 22.0 Å². The number of nitro groups is 1. The summed E-state index contributed by atoms with van der Waals surface area (Å²) in [6, 6.07) is 4.72. The van der Waals surface area contributed by atoms with Crippen molar-refractivity contribution in [3.05, 3.63) is 51.2 Å². The van der Waals surface area contributed by atoms with Crippen molar-refractivity contribution in [1.82, 2.24) is 10.6 Å². The van der Waals surface area contributed by atoms with Crippen molar-refractivity contribution in [3.63, 3.8) is 0 Å². The first-order valence-electron chi connectivity index (χ1n) is 10.3. The molecule has 0 aromatic heterocycles. The highest BCUT2D eigenvalue weighted by Crippen LogP contribution is 2.29. The Kier molecular flexibility index (Phi) is 6.71. The van der Waals surface area contributed by atoms with Gasteiger partial charge in [0.15, 0.2) is 0 Å². The van der Waals surface area contributed by atoms with Gasteiger partial charge in [0.2, 0.25) is 0 Å². The minimum Gasteiger partial charge on any atom is -0.463 e. The first-order valence-corrected chi connectivity index (χ1v) is 10.3. The summed E-state index contributed by atoms with van der Waals surface area (Å²) >= 11 is 0. The van der Waals surface area contributed by atoms with Crippen LogP contribution in [0.4, 0.5) is 10.5 Å². The van der Waals surface area contributed by atoms with E-state index in [1.807, 2.05) is 0 Å². The molecule has 2 amide bonds. The van der Waals surface area contributed by atoms with Crippen LogP contribution in [0.15, 0.2) is 35.5 Å². The van der Waals surface area contributed by atoms with Crippen LogP contribution >= 0.6 is 0 Å². The average molecular weight is 417 g/mol. The molecule has 30 heavy (non-hydrogen) atoms. The van der Waals surface area contributed by atoms with Gasteiger partial charge in [-0.1, -0.05) is 26.0 Å². The van der Waals surface area contributed by atoms with Crippen molar-refractivity contribution in [2.24, 2.45) is 11.8 Å². The van der Waals surface area contributed by atoms with E-state index in [4.69, 9.17) is 4.74 Å². The molecule has 2 aliphatic rings. The first kappa shape index (κ1) is 21.8. The molecule has 3 N–H and O–H groups in total. The van der Waals surface area contributed by atoms with E-state index in [0.717, 1.165) is 19.5 Å². The third kappa shape index (κ3) is 4.96. The number of nitro benzene ring substituents is 1. The van der Waals surface area contributed by atoms with E-state index in [2.05, 4.69) is 24.5 Å². The standard InChI is InChI=1S/C21H28N4O5/c1-4-30-20(26)18-17(12-24-10-13(2)8-14(3)11-24)22-21(27)23-19(18)15-6-5-7-16(9-15)25(28)29/h5-7,9,13-14,19H,4,8,10-12H2,1-3H3,(H2,22,23,27)/p+1/t13-,14+,19-/m1/s1. The maximum Gasteiger partial charge on any atom is 0.338 e. The van der Waals surface area contributed by atoms with Gasteiger partial charge in [0, 0.05) is 24.0 Å². The molecule has 1 aromatic rings. The molecule has 1 unspecified atom stereocenters. The maximum absolute atomic E-state index is 12.9. The van der Waals surface area contributed by atoms with E-state index >= 15 is 0 Å². The van der Waals surface area contributed by atoms with Gasteiger partial charge in [-0.15, -0.1) is 0 Å². The van der Waals surface area contributed by atoms with E-state index in [1.54, 1.807) is 19.1 Å². The Morgan fingerprint density at radius 2 is 2.00 bits per heavy atom. The molecule has 1 saturated heterocycles. The van der Waals surface area contributed by atoms with Crippen LogP contribution in [-0.2, 0) is 9.53 Å². The highest BCUT2D eigenvalue weighted by Gasteiger charge is 2.37. The zero-order valence-electron chi connectivity index (χ0n) is 17.6. The number of carbonyl (C=O) groups excluding carboxylic acids is 2. The second kappa shape index (κ2) is 9.25. The first-order chi connectivity index (χ1) is 14.3. The zero-order chi connectivity index (χ0) is 21.8. The summed E-state index contributed by atoms with van der Waals surface area (Å²) in [5.74, 6) is 0.578. The third-order valence-electron chi connectivity index (χ3n) is 5.57. The van der Waals surface area contributed by atoms with E-state index in [0.29, 0.717) is 35.2 Å². The minimum absolute atomic E-state index is 0.102. The van der Waals surface area contributed by atoms with Gasteiger partial charge in [-0.25, -0.2) is 9.59 Å². The lowest BCUT2D eigenvalue weighted by molar-refractivity contribution is -0.907. The molecule has 2 heterocycles. The number of hydrogen-bond acceptors (Lipinski definition) is 5. The van der Waals surface area contributed by atoms with Crippen LogP contribution < -0.4 is 15.5 Å².